The Balaban J connectivity index is 1.46. The van der Waals surface area contributed by atoms with Gasteiger partial charge < -0.3 is 4.43 Å². The lowest BCUT2D eigenvalue weighted by Crippen LogP contribution is -2.51. The van der Waals surface area contributed by atoms with Gasteiger partial charge >= 0.3 is 0 Å². The summed E-state index contributed by atoms with van der Waals surface area (Å²) >= 11 is 0. The van der Waals surface area contributed by atoms with Crippen molar-refractivity contribution < 1.29 is 4.43 Å². The Bertz CT molecular complexity index is 689. The molecule has 4 aliphatic rings. The van der Waals surface area contributed by atoms with E-state index in [2.05, 4.69) is 60.3 Å². The second-order valence-electron chi connectivity index (χ2n) is 14.4. The third-order valence-corrected chi connectivity index (χ3v) is 11.8. The Hall–Kier alpha value is -0.0831. The molecule has 184 valence electrons. The molecular formula is C30H54OSi. The van der Waals surface area contributed by atoms with Gasteiger partial charge in [-0.05, 0) is 117 Å². The van der Waals surface area contributed by atoms with Crippen molar-refractivity contribution in [3.8, 4) is 0 Å². The van der Waals surface area contributed by atoms with Crippen molar-refractivity contribution in [1.82, 2.24) is 0 Å². The molecule has 4 aliphatic carbocycles. The SMILES string of the molecule is CC(C)CCC[C@@H](C)[C@H]1CC[C@H]2[C@@H]3CCC4=CC(O[Si](C)(C)C)CC[C@]4(C)[C@H]3CC[C@]12C. The van der Waals surface area contributed by atoms with E-state index < -0.39 is 8.32 Å². The molecule has 0 aromatic carbocycles. The first kappa shape index (κ1) is 25.0. The van der Waals surface area contributed by atoms with E-state index in [1.165, 1.54) is 70.6 Å². The quantitative estimate of drug-likeness (QED) is 0.273. The molecule has 8 atom stereocenters. The summed E-state index contributed by atoms with van der Waals surface area (Å²) in [6, 6.07) is 0. The van der Waals surface area contributed by atoms with E-state index in [4.69, 9.17) is 4.43 Å². The molecular weight excluding hydrogens is 404 g/mol. The van der Waals surface area contributed by atoms with E-state index in [9.17, 15) is 0 Å². The first-order valence-corrected chi connectivity index (χ1v) is 17.7. The lowest BCUT2D eigenvalue weighted by atomic mass is 9.46. The molecule has 0 N–H and O–H groups in total. The van der Waals surface area contributed by atoms with Gasteiger partial charge in [-0.25, -0.2) is 0 Å². The molecule has 32 heavy (non-hydrogen) atoms. The zero-order valence-corrected chi connectivity index (χ0v) is 23.8. The van der Waals surface area contributed by atoms with Gasteiger partial charge in [0, 0.05) is 0 Å². The summed E-state index contributed by atoms with van der Waals surface area (Å²) in [4.78, 5) is 0. The highest BCUT2D eigenvalue weighted by atomic mass is 28.4. The normalized spacial score (nSPS) is 42.8. The summed E-state index contributed by atoms with van der Waals surface area (Å²) in [5.41, 5.74) is 2.87. The van der Waals surface area contributed by atoms with E-state index in [1.54, 1.807) is 5.57 Å². The van der Waals surface area contributed by atoms with Gasteiger partial charge in [-0.3, -0.25) is 0 Å². The van der Waals surface area contributed by atoms with Crippen molar-refractivity contribution in [3.05, 3.63) is 11.6 Å². The third kappa shape index (κ3) is 4.71. The maximum Gasteiger partial charge on any atom is 0.184 e. The van der Waals surface area contributed by atoms with Gasteiger partial charge in [-0.1, -0.05) is 65.5 Å². The Kier molecular flexibility index (Phi) is 7.17. The largest absolute Gasteiger partial charge is 0.411 e. The van der Waals surface area contributed by atoms with Crippen LogP contribution in [0.2, 0.25) is 19.6 Å². The summed E-state index contributed by atoms with van der Waals surface area (Å²) in [6.45, 7) is 19.8. The zero-order valence-electron chi connectivity index (χ0n) is 22.8. The molecule has 0 radical (unpaired) electrons. The smallest absolute Gasteiger partial charge is 0.184 e. The Labute approximate surface area is 201 Å². The van der Waals surface area contributed by atoms with Crippen LogP contribution in [0.3, 0.4) is 0 Å². The topological polar surface area (TPSA) is 9.23 Å². The summed E-state index contributed by atoms with van der Waals surface area (Å²) in [6.07, 6.45) is 18.8. The van der Waals surface area contributed by atoms with E-state index in [0.29, 0.717) is 16.9 Å². The fourth-order valence-electron chi connectivity index (χ4n) is 9.27. The molecule has 0 aromatic rings. The molecule has 0 aromatic heterocycles. The number of hydrogen-bond acceptors (Lipinski definition) is 1. The van der Waals surface area contributed by atoms with Crippen LogP contribution < -0.4 is 0 Å². The van der Waals surface area contributed by atoms with Gasteiger partial charge in [0.25, 0.3) is 0 Å². The molecule has 0 bridgehead atoms. The van der Waals surface area contributed by atoms with Crippen LogP contribution in [0.15, 0.2) is 11.6 Å². The average Bonchev–Trinajstić information content (AvgIpc) is 3.04. The molecule has 0 saturated heterocycles. The summed E-state index contributed by atoms with van der Waals surface area (Å²) in [5, 5.41) is 0. The van der Waals surface area contributed by atoms with Gasteiger partial charge in [0.1, 0.15) is 0 Å². The minimum atomic E-state index is -1.47. The molecule has 0 amide bonds. The minimum absolute atomic E-state index is 0.401. The first-order valence-electron chi connectivity index (χ1n) is 14.3. The van der Waals surface area contributed by atoms with E-state index in [-0.39, 0.29) is 0 Å². The van der Waals surface area contributed by atoms with Crippen LogP contribution in [0, 0.1) is 46.3 Å². The molecule has 4 rings (SSSR count). The van der Waals surface area contributed by atoms with Crippen LogP contribution in [0.4, 0.5) is 0 Å². The van der Waals surface area contributed by atoms with Crippen LogP contribution in [0.1, 0.15) is 105 Å². The minimum Gasteiger partial charge on any atom is -0.411 e. The number of rotatable bonds is 7. The second-order valence-corrected chi connectivity index (χ2v) is 18.8. The Morgan fingerprint density at radius 1 is 0.938 bits per heavy atom. The summed E-state index contributed by atoms with van der Waals surface area (Å²) in [5.74, 6) is 5.67. The Morgan fingerprint density at radius 3 is 2.38 bits per heavy atom. The van der Waals surface area contributed by atoms with Crippen molar-refractivity contribution in [1.29, 1.82) is 0 Å². The van der Waals surface area contributed by atoms with Crippen molar-refractivity contribution in [2.75, 3.05) is 0 Å². The predicted octanol–water partition coefficient (Wildman–Crippen LogP) is 9.25. The molecule has 3 saturated carbocycles. The lowest BCUT2D eigenvalue weighted by Gasteiger charge is -2.59. The van der Waals surface area contributed by atoms with Crippen LogP contribution in [0.25, 0.3) is 0 Å². The standard InChI is InChI=1S/C30H54OSi/c1-21(2)10-9-11-22(3)26-14-15-27-25-13-12-23-20-24(31-32(6,7)8)16-18-29(23,4)28(25)17-19-30(26,27)5/h20-22,24-28H,9-19H2,1-8H3/t22-,24?,25+,26-,27+,28+,29+,30-/m1/s1. The van der Waals surface area contributed by atoms with E-state index >= 15 is 0 Å². The van der Waals surface area contributed by atoms with Crippen molar-refractivity contribution in [2.24, 2.45) is 46.3 Å². The van der Waals surface area contributed by atoms with Gasteiger partial charge in [0.2, 0.25) is 0 Å². The maximum atomic E-state index is 6.54. The second kappa shape index (κ2) is 9.18. The van der Waals surface area contributed by atoms with Crippen molar-refractivity contribution >= 4 is 8.32 Å². The maximum absolute atomic E-state index is 6.54. The van der Waals surface area contributed by atoms with Gasteiger partial charge in [-0.15, -0.1) is 0 Å². The lowest BCUT2D eigenvalue weighted by molar-refractivity contribution is -0.0622. The number of fused-ring (bicyclic) bond motifs is 5. The Morgan fingerprint density at radius 2 is 1.69 bits per heavy atom. The van der Waals surface area contributed by atoms with Crippen molar-refractivity contribution in [2.45, 2.75) is 131 Å². The monoisotopic (exact) mass is 458 g/mol. The average molecular weight is 459 g/mol. The molecule has 0 aliphatic heterocycles. The molecule has 1 unspecified atom stereocenters. The van der Waals surface area contributed by atoms with Gasteiger partial charge in [-0.2, -0.15) is 0 Å². The van der Waals surface area contributed by atoms with Crippen LogP contribution in [0.5, 0.6) is 0 Å². The van der Waals surface area contributed by atoms with Crippen LogP contribution >= 0.6 is 0 Å². The first-order chi connectivity index (χ1) is 14.9. The third-order valence-electron chi connectivity index (χ3n) is 10.8. The number of allylic oxidation sites excluding steroid dienone is 1. The highest BCUT2D eigenvalue weighted by molar-refractivity contribution is 6.69. The molecule has 3 fully saturated rings. The van der Waals surface area contributed by atoms with E-state index in [1.807, 2.05) is 0 Å². The highest BCUT2D eigenvalue weighted by Crippen LogP contribution is 2.67. The van der Waals surface area contributed by atoms with Gasteiger partial charge in [0.15, 0.2) is 8.32 Å². The molecule has 2 heteroatoms. The molecule has 0 spiro atoms. The fourth-order valence-corrected chi connectivity index (χ4v) is 10.4. The van der Waals surface area contributed by atoms with Crippen LogP contribution in [-0.2, 0) is 4.43 Å². The van der Waals surface area contributed by atoms with Gasteiger partial charge in [0.05, 0.1) is 6.10 Å². The molecule has 1 nitrogen and oxygen atoms in total. The predicted molar refractivity (Wildman–Crippen MR) is 141 cm³/mol. The fraction of sp³-hybridized carbons (Fsp3) is 0.933. The highest BCUT2D eigenvalue weighted by Gasteiger charge is 2.59. The van der Waals surface area contributed by atoms with Crippen LogP contribution in [-0.4, -0.2) is 14.4 Å². The van der Waals surface area contributed by atoms with Crippen molar-refractivity contribution in [3.63, 3.8) is 0 Å². The number of hydrogen-bond donors (Lipinski definition) is 0. The zero-order chi connectivity index (χ0) is 23.3. The summed E-state index contributed by atoms with van der Waals surface area (Å²) in [7, 11) is -1.47. The molecule has 0 heterocycles. The van der Waals surface area contributed by atoms with E-state index in [0.717, 1.165) is 35.5 Å². The summed E-state index contributed by atoms with van der Waals surface area (Å²) < 4.78 is 6.54.